The first-order valence-electron chi connectivity index (χ1n) is 9.57. The highest BCUT2D eigenvalue weighted by molar-refractivity contribution is 7.95. The molecule has 0 heterocycles. The van der Waals surface area contributed by atoms with Crippen LogP contribution in [0.1, 0.15) is 30.5 Å². The van der Waals surface area contributed by atoms with Crippen molar-refractivity contribution in [1.82, 2.24) is 0 Å². The summed E-state index contributed by atoms with van der Waals surface area (Å²) in [6, 6.07) is 27.4. The zero-order valence-corrected chi connectivity index (χ0v) is 18.3. The quantitative estimate of drug-likeness (QED) is 0.636. The van der Waals surface area contributed by atoms with Crippen molar-refractivity contribution in [3.8, 4) is 0 Å². The van der Waals surface area contributed by atoms with Gasteiger partial charge in [-0.1, -0.05) is 36.4 Å². The van der Waals surface area contributed by atoms with Gasteiger partial charge < -0.3 is 9.90 Å². The minimum atomic E-state index is -1.61. The van der Waals surface area contributed by atoms with Crippen LogP contribution in [0.5, 0.6) is 0 Å². The number of rotatable bonds is 4. The van der Waals surface area contributed by atoms with Gasteiger partial charge in [0.25, 0.3) is 0 Å². The molecule has 0 atom stereocenters. The largest absolute Gasteiger partial charge is 0.550 e. The average Bonchev–Trinajstić information content (AvgIpc) is 2.63. The van der Waals surface area contributed by atoms with Crippen molar-refractivity contribution < 1.29 is 9.90 Å². The van der Waals surface area contributed by atoms with E-state index in [0.717, 1.165) is 13.1 Å². The van der Waals surface area contributed by atoms with Crippen molar-refractivity contribution in [3.05, 3.63) is 89.5 Å². The molecule has 2 nitrogen and oxygen atoms in total. The van der Waals surface area contributed by atoms with Gasteiger partial charge >= 0.3 is 0 Å². The molecule has 3 aromatic carbocycles. The second-order valence-electron chi connectivity index (χ2n) is 7.13. The van der Waals surface area contributed by atoms with Gasteiger partial charge in [0.15, 0.2) is 0 Å². The smallest absolute Gasteiger partial charge is 0.111 e. The maximum Gasteiger partial charge on any atom is 0.111 e. The van der Waals surface area contributed by atoms with Gasteiger partial charge in [-0.05, 0) is 87.7 Å². The molecular weight excluding hydrogens is 363 g/mol. The third kappa shape index (κ3) is 5.09. The maximum absolute atomic E-state index is 8.89. The van der Waals surface area contributed by atoms with Gasteiger partial charge in [-0.25, -0.2) is 0 Å². The third-order valence-electron chi connectivity index (χ3n) is 4.80. The Kier molecular flexibility index (Phi) is 7.54. The van der Waals surface area contributed by atoms with Crippen molar-refractivity contribution in [2.45, 2.75) is 34.6 Å². The van der Waals surface area contributed by atoms with E-state index in [9.17, 15) is 0 Å². The number of carbonyl (C=O) groups excluding carboxylic acids is 1. The number of aryl methyl sites for hydroxylation is 3. The highest BCUT2D eigenvalue weighted by atomic mass is 31.2. The number of hydrogen-bond acceptors (Lipinski definition) is 2. The van der Waals surface area contributed by atoms with Crippen LogP contribution in [0, 0.1) is 20.8 Å². The number of carboxylic acid groups (broad SMARTS) is 1. The number of benzene rings is 3. The Hall–Kier alpha value is -2.44. The molecule has 0 N–H and O–H groups in total. The first-order chi connectivity index (χ1) is 13.3. The van der Waals surface area contributed by atoms with Crippen molar-refractivity contribution in [2.75, 3.05) is 6.16 Å². The van der Waals surface area contributed by atoms with Gasteiger partial charge in [-0.15, -0.1) is 0 Å². The monoisotopic (exact) mass is 392 g/mol. The zero-order valence-electron chi connectivity index (χ0n) is 17.4. The molecule has 0 unspecified atom stereocenters. The Morgan fingerprint density at radius 1 is 0.750 bits per heavy atom. The van der Waals surface area contributed by atoms with Crippen LogP contribution in [0.4, 0.5) is 0 Å². The van der Waals surface area contributed by atoms with Gasteiger partial charge in [0.2, 0.25) is 0 Å². The molecule has 3 heteroatoms. The van der Waals surface area contributed by atoms with Gasteiger partial charge in [-0.2, -0.15) is 0 Å². The van der Waals surface area contributed by atoms with Gasteiger partial charge in [0.05, 0.1) is 6.16 Å². The SMILES string of the molecule is CC(=O)[O-].CC[P+](c1cccc(C)c1)(c1cccc(C)c1)c1cccc(C)c1. The zero-order chi connectivity index (χ0) is 20.7. The lowest BCUT2D eigenvalue weighted by Crippen LogP contribution is -2.33. The van der Waals surface area contributed by atoms with E-state index in [1.165, 1.54) is 32.6 Å². The van der Waals surface area contributed by atoms with Crippen LogP contribution >= 0.6 is 7.26 Å². The lowest BCUT2D eigenvalue weighted by atomic mass is 10.2. The van der Waals surface area contributed by atoms with E-state index in [2.05, 4.69) is 100 Å². The third-order valence-corrected chi connectivity index (χ3v) is 9.23. The topological polar surface area (TPSA) is 40.1 Å². The summed E-state index contributed by atoms with van der Waals surface area (Å²) >= 11 is 0. The lowest BCUT2D eigenvalue weighted by Gasteiger charge is -2.27. The molecule has 0 aliphatic carbocycles. The Bertz CT molecular complexity index is 832. The second kappa shape index (κ2) is 9.66. The number of aliphatic carboxylic acids is 1. The van der Waals surface area contributed by atoms with Crippen molar-refractivity contribution in [2.24, 2.45) is 0 Å². The number of hydrogen-bond donors (Lipinski definition) is 0. The van der Waals surface area contributed by atoms with Crippen LogP contribution in [0.3, 0.4) is 0 Å². The minimum Gasteiger partial charge on any atom is -0.550 e. The van der Waals surface area contributed by atoms with Crippen molar-refractivity contribution >= 4 is 29.1 Å². The highest BCUT2D eigenvalue weighted by Gasteiger charge is 2.43. The minimum absolute atomic E-state index is 0.972. The molecule has 0 saturated heterocycles. The van der Waals surface area contributed by atoms with Gasteiger partial charge in [-0.3, -0.25) is 0 Å². The van der Waals surface area contributed by atoms with Crippen LogP contribution in [0.2, 0.25) is 0 Å². The van der Waals surface area contributed by atoms with E-state index in [0.29, 0.717) is 0 Å². The predicted octanol–water partition coefficient (Wildman–Crippen LogP) is 3.68. The Balaban J connectivity index is 0.000000640. The first-order valence-corrected chi connectivity index (χ1v) is 11.5. The summed E-state index contributed by atoms with van der Waals surface area (Å²) in [5, 5.41) is 13.4. The Morgan fingerprint density at radius 2 is 1.04 bits per heavy atom. The molecule has 146 valence electrons. The predicted molar refractivity (Wildman–Crippen MR) is 121 cm³/mol. The molecule has 0 saturated carbocycles. The van der Waals surface area contributed by atoms with Crippen LogP contribution in [-0.4, -0.2) is 12.1 Å². The van der Waals surface area contributed by atoms with E-state index >= 15 is 0 Å². The fourth-order valence-corrected chi connectivity index (χ4v) is 7.87. The van der Waals surface area contributed by atoms with Crippen LogP contribution in [0.25, 0.3) is 0 Å². The van der Waals surface area contributed by atoms with E-state index < -0.39 is 13.2 Å². The van der Waals surface area contributed by atoms with Crippen molar-refractivity contribution in [1.29, 1.82) is 0 Å². The highest BCUT2D eigenvalue weighted by Crippen LogP contribution is 2.55. The van der Waals surface area contributed by atoms with Crippen LogP contribution in [0.15, 0.2) is 72.8 Å². The first kappa shape index (κ1) is 21.9. The van der Waals surface area contributed by atoms with E-state index in [1.807, 2.05) is 0 Å². The normalized spacial score (nSPS) is 10.8. The van der Waals surface area contributed by atoms with Crippen molar-refractivity contribution in [3.63, 3.8) is 0 Å². The molecule has 0 aliphatic heterocycles. The summed E-state index contributed by atoms with van der Waals surface area (Å²) in [5.74, 6) is -1.08. The lowest BCUT2D eigenvalue weighted by molar-refractivity contribution is -0.302. The standard InChI is InChI=1S/C23H26P.C2H4O2/c1-5-24(21-12-6-9-18(2)15-21,22-13-7-10-19(3)16-22)23-14-8-11-20(4)17-23;1-2(3)4/h6-17H,5H2,1-4H3;1H3,(H,3,4)/q+1;/p-1. The summed E-state index contributed by atoms with van der Waals surface area (Å²) < 4.78 is 0. The van der Waals surface area contributed by atoms with E-state index in [-0.39, 0.29) is 0 Å². The van der Waals surface area contributed by atoms with E-state index in [1.54, 1.807) is 0 Å². The van der Waals surface area contributed by atoms with Crippen LogP contribution < -0.4 is 21.0 Å². The summed E-state index contributed by atoms with van der Waals surface area (Å²) in [5.41, 5.74) is 4.02. The van der Waals surface area contributed by atoms with Crippen LogP contribution in [-0.2, 0) is 4.79 Å². The number of carboxylic acids is 1. The fraction of sp³-hybridized carbons (Fsp3) is 0.240. The molecule has 0 aliphatic rings. The summed E-state index contributed by atoms with van der Waals surface area (Å²) in [6.07, 6.45) is 1.14. The molecule has 0 radical (unpaired) electrons. The molecule has 0 bridgehead atoms. The Labute approximate surface area is 169 Å². The molecule has 3 rings (SSSR count). The second-order valence-corrected chi connectivity index (χ2v) is 10.9. The van der Waals surface area contributed by atoms with E-state index in [4.69, 9.17) is 9.90 Å². The molecule has 0 fully saturated rings. The summed E-state index contributed by atoms with van der Waals surface area (Å²) in [4.78, 5) is 8.89. The molecule has 0 amide bonds. The fourth-order valence-electron chi connectivity index (χ4n) is 3.59. The molecule has 3 aromatic rings. The molecule has 0 aromatic heterocycles. The van der Waals surface area contributed by atoms with Gasteiger partial charge in [0, 0.05) is 5.97 Å². The molecular formula is C25H29O2P. The summed E-state index contributed by atoms with van der Waals surface area (Å²) in [6.45, 7) is 9.90. The number of carbonyl (C=O) groups is 1. The van der Waals surface area contributed by atoms with Gasteiger partial charge in [0.1, 0.15) is 23.2 Å². The molecule has 0 spiro atoms. The average molecular weight is 392 g/mol. The molecule has 28 heavy (non-hydrogen) atoms. The maximum atomic E-state index is 8.89. The summed E-state index contributed by atoms with van der Waals surface area (Å²) in [7, 11) is -1.61. The Morgan fingerprint density at radius 3 is 1.25 bits per heavy atom.